The summed E-state index contributed by atoms with van der Waals surface area (Å²) in [6, 6.07) is 0. The van der Waals surface area contributed by atoms with Crippen LogP contribution in [-0.4, -0.2) is 74.3 Å². The van der Waals surface area contributed by atoms with Crippen LogP contribution >= 0.6 is 11.8 Å². The average molecular weight is 371 g/mol. The molecule has 0 aromatic carbocycles. The fourth-order valence-corrected chi connectivity index (χ4v) is 5.00. The zero-order chi connectivity index (χ0) is 17.8. The Bertz CT molecular complexity index is 372. The second-order valence-electron chi connectivity index (χ2n) is 7.19. The van der Waals surface area contributed by atoms with Gasteiger partial charge in [-0.25, -0.2) is 0 Å². The fraction of sp³-hybridized carbons (Fsp3) is 0.947. The Labute approximate surface area is 158 Å². The van der Waals surface area contributed by atoms with Crippen molar-refractivity contribution < 1.29 is 4.74 Å². The summed E-state index contributed by atoms with van der Waals surface area (Å²) >= 11 is 2.07. The first-order valence-corrected chi connectivity index (χ1v) is 11.2. The normalized spacial score (nSPS) is 22.4. The quantitative estimate of drug-likeness (QED) is 0.391. The SMILES string of the molecule is CCSC1(CNC(=NC)NCCCN2CCCCCC2)CCOCC1. The van der Waals surface area contributed by atoms with Crippen molar-refractivity contribution in [3.8, 4) is 0 Å². The lowest BCUT2D eigenvalue weighted by Gasteiger charge is -2.37. The number of hydrogen-bond donors (Lipinski definition) is 2. The summed E-state index contributed by atoms with van der Waals surface area (Å²) in [6.07, 6.45) is 9.01. The van der Waals surface area contributed by atoms with Gasteiger partial charge >= 0.3 is 0 Å². The predicted octanol–water partition coefficient (Wildman–Crippen LogP) is 2.72. The first-order chi connectivity index (χ1) is 12.3. The van der Waals surface area contributed by atoms with Crippen molar-refractivity contribution in [2.24, 2.45) is 4.99 Å². The maximum atomic E-state index is 5.56. The van der Waals surface area contributed by atoms with Crippen LogP contribution in [0.2, 0.25) is 0 Å². The van der Waals surface area contributed by atoms with Crippen molar-refractivity contribution in [2.45, 2.75) is 56.6 Å². The molecule has 0 radical (unpaired) electrons. The largest absolute Gasteiger partial charge is 0.381 e. The Morgan fingerprint density at radius 3 is 2.48 bits per heavy atom. The topological polar surface area (TPSA) is 48.9 Å². The number of ether oxygens (including phenoxy) is 1. The van der Waals surface area contributed by atoms with E-state index in [1.54, 1.807) is 0 Å². The number of rotatable bonds is 8. The molecule has 2 aliphatic heterocycles. The molecule has 2 rings (SSSR count). The van der Waals surface area contributed by atoms with Crippen LogP contribution in [0, 0.1) is 0 Å². The molecule has 2 heterocycles. The molecular weight excluding hydrogens is 332 g/mol. The Morgan fingerprint density at radius 2 is 1.84 bits per heavy atom. The third-order valence-electron chi connectivity index (χ3n) is 5.30. The lowest BCUT2D eigenvalue weighted by Crippen LogP contribution is -2.48. The molecule has 0 amide bonds. The van der Waals surface area contributed by atoms with Gasteiger partial charge in [-0.3, -0.25) is 4.99 Å². The van der Waals surface area contributed by atoms with Gasteiger partial charge < -0.3 is 20.3 Å². The van der Waals surface area contributed by atoms with Gasteiger partial charge in [0, 0.05) is 38.1 Å². The van der Waals surface area contributed by atoms with E-state index >= 15 is 0 Å². The van der Waals surface area contributed by atoms with Crippen LogP contribution in [0.5, 0.6) is 0 Å². The highest BCUT2D eigenvalue weighted by molar-refractivity contribution is 8.00. The maximum absolute atomic E-state index is 5.56. The highest BCUT2D eigenvalue weighted by Crippen LogP contribution is 2.34. The van der Waals surface area contributed by atoms with Crippen molar-refractivity contribution in [2.75, 3.05) is 58.7 Å². The molecule has 0 unspecified atom stereocenters. The van der Waals surface area contributed by atoms with Crippen molar-refractivity contribution in [3.63, 3.8) is 0 Å². The average Bonchev–Trinajstić information content (AvgIpc) is 2.91. The van der Waals surface area contributed by atoms with E-state index in [4.69, 9.17) is 4.74 Å². The number of nitrogens with zero attached hydrogens (tertiary/aromatic N) is 2. The van der Waals surface area contributed by atoms with Gasteiger partial charge in [0.25, 0.3) is 0 Å². The van der Waals surface area contributed by atoms with E-state index in [0.29, 0.717) is 4.75 Å². The zero-order valence-electron chi connectivity index (χ0n) is 16.3. The number of aliphatic imine (C=N–C) groups is 1. The summed E-state index contributed by atoms with van der Waals surface area (Å²) in [5, 5.41) is 7.06. The molecule has 2 aliphatic rings. The van der Waals surface area contributed by atoms with E-state index in [-0.39, 0.29) is 0 Å². The van der Waals surface area contributed by atoms with Gasteiger partial charge in [-0.05, 0) is 57.5 Å². The van der Waals surface area contributed by atoms with Gasteiger partial charge in [-0.1, -0.05) is 19.8 Å². The van der Waals surface area contributed by atoms with Crippen LogP contribution in [0.4, 0.5) is 0 Å². The lowest BCUT2D eigenvalue weighted by atomic mass is 9.99. The second-order valence-corrected chi connectivity index (χ2v) is 8.92. The van der Waals surface area contributed by atoms with Crippen molar-refractivity contribution in [3.05, 3.63) is 0 Å². The fourth-order valence-electron chi connectivity index (χ4n) is 3.76. The summed E-state index contributed by atoms with van der Waals surface area (Å²) in [6.45, 7) is 9.76. The van der Waals surface area contributed by atoms with E-state index in [2.05, 4.69) is 39.2 Å². The summed E-state index contributed by atoms with van der Waals surface area (Å²) in [5.41, 5.74) is 0. The minimum atomic E-state index is 0.302. The molecule has 2 N–H and O–H groups in total. The molecule has 0 aromatic rings. The van der Waals surface area contributed by atoms with Crippen LogP contribution in [0.15, 0.2) is 4.99 Å². The van der Waals surface area contributed by atoms with Gasteiger partial charge in [0.15, 0.2) is 5.96 Å². The minimum Gasteiger partial charge on any atom is -0.381 e. The van der Waals surface area contributed by atoms with Crippen LogP contribution in [0.3, 0.4) is 0 Å². The number of guanidine groups is 1. The first kappa shape index (κ1) is 20.8. The van der Waals surface area contributed by atoms with Gasteiger partial charge in [-0.15, -0.1) is 0 Å². The number of thioether (sulfide) groups is 1. The smallest absolute Gasteiger partial charge is 0.191 e. The highest BCUT2D eigenvalue weighted by atomic mass is 32.2. The van der Waals surface area contributed by atoms with Crippen LogP contribution in [0.25, 0.3) is 0 Å². The van der Waals surface area contributed by atoms with Crippen LogP contribution in [0.1, 0.15) is 51.9 Å². The van der Waals surface area contributed by atoms with Gasteiger partial charge in [0.2, 0.25) is 0 Å². The van der Waals surface area contributed by atoms with Gasteiger partial charge in [0.05, 0.1) is 0 Å². The molecule has 0 saturated carbocycles. The second kappa shape index (κ2) is 12.0. The van der Waals surface area contributed by atoms with E-state index in [9.17, 15) is 0 Å². The Hall–Kier alpha value is -0.460. The summed E-state index contributed by atoms with van der Waals surface area (Å²) < 4.78 is 5.86. The molecule has 5 nitrogen and oxygen atoms in total. The van der Waals surface area contributed by atoms with Gasteiger partial charge in [-0.2, -0.15) is 11.8 Å². The summed E-state index contributed by atoms with van der Waals surface area (Å²) in [5.74, 6) is 2.10. The summed E-state index contributed by atoms with van der Waals surface area (Å²) in [4.78, 5) is 7.03. The first-order valence-electron chi connectivity index (χ1n) is 10.2. The number of nitrogens with one attached hydrogen (secondary N) is 2. The number of hydrogen-bond acceptors (Lipinski definition) is 4. The molecule has 25 heavy (non-hydrogen) atoms. The van der Waals surface area contributed by atoms with Crippen molar-refractivity contribution in [1.82, 2.24) is 15.5 Å². The predicted molar refractivity (Wildman–Crippen MR) is 110 cm³/mol. The summed E-state index contributed by atoms with van der Waals surface area (Å²) in [7, 11) is 1.87. The van der Waals surface area contributed by atoms with Crippen LogP contribution in [-0.2, 0) is 4.74 Å². The molecule has 0 aliphatic carbocycles. The Morgan fingerprint density at radius 1 is 1.12 bits per heavy atom. The Kier molecular flexibility index (Phi) is 10.0. The van der Waals surface area contributed by atoms with Crippen LogP contribution < -0.4 is 10.6 Å². The molecule has 0 aromatic heterocycles. The molecule has 2 saturated heterocycles. The van der Waals surface area contributed by atoms with Crippen molar-refractivity contribution >= 4 is 17.7 Å². The van der Waals surface area contributed by atoms with Gasteiger partial charge in [0.1, 0.15) is 0 Å². The van der Waals surface area contributed by atoms with E-state index in [0.717, 1.165) is 50.9 Å². The monoisotopic (exact) mass is 370 g/mol. The molecule has 2 fully saturated rings. The zero-order valence-corrected chi connectivity index (χ0v) is 17.1. The maximum Gasteiger partial charge on any atom is 0.191 e. The third kappa shape index (κ3) is 7.75. The van der Waals surface area contributed by atoms with Crippen molar-refractivity contribution in [1.29, 1.82) is 0 Å². The number of likely N-dealkylation sites (tertiary alicyclic amines) is 1. The standard InChI is InChI=1S/C19H38N4OS/c1-3-25-19(9-15-24-16-10-19)17-22-18(20-2)21-11-8-14-23-12-6-4-5-7-13-23/h3-17H2,1-2H3,(H2,20,21,22). The minimum absolute atomic E-state index is 0.302. The lowest BCUT2D eigenvalue weighted by molar-refractivity contribution is 0.0782. The third-order valence-corrected chi connectivity index (χ3v) is 6.75. The Balaban J connectivity index is 1.65. The molecule has 0 bridgehead atoms. The van der Waals surface area contributed by atoms with E-state index < -0.39 is 0 Å². The molecule has 146 valence electrons. The van der Waals surface area contributed by atoms with E-state index in [1.165, 1.54) is 51.7 Å². The molecular formula is C19H38N4OS. The molecule has 0 atom stereocenters. The van der Waals surface area contributed by atoms with E-state index in [1.807, 2.05) is 7.05 Å². The highest BCUT2D eigenvalue weighted by Gasteiger charge is 2.32. The molecule has 6 heteroatoms. The molecule has 0 spiro atoms.